The van der Waals surface area contributed by atoms with Gasteiger partial charge in [0.05, 0.1) is 6.54 Å². The van der Waals surface area contributed by atoms with Crippen molar-refractivity contribution in [1.82, 2.24) is 5.32 Å². The number of hydrogen-bond donors (Lipinski definition) is 2. The Bertz CT molecular complexity index is 618. The van der Waals surface area contributed by atoms with Gasteiger partial charge in [-0.3, -0.25) is 4.79 Å². The van der Waals surface area contributed by atoms with E-state index in [1.165, 1.54) is 12.8 Å². The molecule has 2 aromatic carbocycles. The van der Waals surface area contributed by atoms with E-state index in [0.717, 1.165) is 29.7 Å². The van der Waals surface area contributed by atoms with Gasteiger partial charge in [0.2, 0.25) is 5.91 Å². The van der Waals surface area contributed by atoms with Gasteiger partial charge in [-0.05, 0) is 24.5 Å². The van der Waals surface area contributed by atoms with E-state index in [1.807, 2.05) is 36.4 Å². The highest BCUT2D eigenvalue weighted by molar-refractivity contribution is 5.84. The number of anilines is 1. The van der Waals surface area contributed by atoms with Gasteiger partial charge in [-0.25, -0.2) is 0 Å². The average molecular weight is 294 g/mol. The zero-order valence-corrected chi connectivity index (χ0v) is 12.7. The highest BCUT2D eigenvalue weighted by Gasteiger charge is 2.16. The van der Waals surface area contributed by atoms with E-state index in [4.69, 9.17) is 0 Å². The van der Waals surface area contributed by atoms with Gasteiger partial charge < -0.3 is 10.6 Å². The smallest absolute Gasteiger partial charge is 0.239 e. The molecule has 0 aliphatic heterocycles. The third-order valence-electron chi connectivity index (χ3n) is 4.17. The Morgan fingerprint density at radius 3 is 2.41 bits per heavy atom. The molecule has 1 amide bonds. The second-order valence-corrected chi connectivity index (χ2v) is 5.81. The summed E-state index contributed by atoms with van der Waals surface area (Å²) < 4.78 is 0. The quantitative estimate of drug-likeness (QED) is 0.880. The van der Waals surface area contributed by atoms with Crippen LogP contribution in [0.1, 0.15) is 25.7 Å². The number of rotatable bonds is 5. The van der Waals surface area contributed by atoms with Gasteiger partial charge in [-0.15, -0.1) is 0 Å². The van der Waals surface area contributed by atoms with Crippen LogP contribution in [0.3, 0.4) is 0 Å². The van der Waals surface area contributed by atoms with Crippen molar-refractivity contribution in [3.05, 3.63) is 54.6 Å². The fourth-order valence-electron chi connectivity index (χ4n) is 3.03. The zero-order chi connectivity index (χ0) is 15.2. The Morgan fingerprint density at radius 2 is 1.64 bits per heavy atom. The molecule has 22 heavy (non-hydrogen) atoms. The number of benzene rings is 2. The van der Waals surface area contributed by atoms with Crippen LogP contribution < -0.4 is 10.6 Å². The molecule has 0 atom stereocenters. The van der Waals surface area contributed by atoms with E-state index in [1.54, 1.807) is 0 Å². The number of amides is 1. The summed E-state index contributed by atoms with van der Waals surface area (Å²) in [5.74, 6) is 0.0785. The molecule has 3 rings (SSSR count). The van der Waals surface area contributed by atoms with Crippen LogP contribution in [0.2, 0.25) is 0 Å². The first-order valence-corrected chi connectivity index (χ1v) is 8.00. The molecule has 3 heteroatoms. The van der Waals surface area contributed by atoms with Crippen LogP contribution in [0.5, 0.6) is 0 Å². The fourth-order valence-corrected chi connectivity index (χ4v) is 3.03. The van der Waals surface area contributed by atoms with Gasteiger partial charge in [0, 0.05) is 17.3 Å². The van der Waals surface area contributed by atoms with Crippen molar-refractivity contribution >= 4 is 11.6 Å². The maximum Gasteiger partial charge on any atom is 0.239 e. The van der Waals surface area contributed by atoms with E-state index < -0.39 is 0 Å². The normalized spacial score (nSPS) is 14.7. The van der Waals surface area contributed by atoms with Crippen molar-refractivity contribution in [2.75, 3.05) is 11.9 Å². The molecule has 2 aromatic rings. The number of hydrogen-bond acceptors (Lipinski definition) is 2. The minimum Gasteiger partial charge on any atom is -0.376 e. The van der Waals surface area contributed by atoms with E-state index in [2.05, 4.69) is 28.8 Å². The summed E-state index contributed by atoms with van der Waals surface area (Å²) >= 11 is 0. The molecule has 2 N–H and O–H groups in total. The summed E-state index contributed by atoms with van der Waals surface area (Å²) in [6.07, 6.45) is 4.70. The SMILES string of the molecule is O=C(CNc1ccccc1-c1ccccc1)NC1CCCC1. The molecule has 0 radical (unpaired) electrons. The van der Waals surface area contributed by atoms with Crippen LogP contribution in [0, 0.1) is 0 Å². The third kappa shape index (κ3) is 3.67. The maximum atomic E-state index is 12.0. The van der Waals surface area contributed by atoms with Crippen molar-refractivity contribution in [2.24, 2.45) is 0 Å². The van der Waals surface area contributed by atoms with Crippen LogP contribution in [-0.2, 0) is 4.79 Å². The van der Waals surface area contributed by atoms with Gasteiger partial charge in [-0.2, -0.15) is 0 Å². The van der Waals surface area contributed by atoms with Crippen LogP contribution in [0.4, 0.5) is 5.69 Å². The Hall–Kier alpha value is -2.29. The third-order valence-corrected chi connectivity index (χ3v) is 4.17. The highest BCUT2D eigenvalue weighted by atomic mass is 16.1. The van der Waals surface area contributed by atoms with Crippen molar-refractivity contribution < 1.29 is 4.79 Å². The van der Waals surface area contributed by atoms with Crippen molar-refractivity contribution in [2.45, 2.75) is 31.7 Å². The van der Waals surface area contributed by atoms with Crippen molar-refractivity contribution in [3.63, 3.8) is 0 Å². The molecule has 0 aromatic heterocycles. The second-order valence-electron chi connectivity index (χ2n) is 5.81. The minimum atomic E-state index is 0.0785. The first kappa shape index (κ1) is 14.6. The predicted octanol–water partition coefficient (Wildman–Crippen LogP) is 3.82. The summed E-state index contributed by atoms with van der Waals surface area (Å²) in [4.78, 5) is 12.0. The second kappa shape index (κ2) is 7.12. The minimum absolute atomic E-state index is 0.0785. The van der Waals surface area contributed by atoms with Gasteiger partial charge in [-0.1, -0.05) is 61.4 Å². The van der Waals surface area contributed by atoms with Crippen LogP contribution >= 0.6 is 0 Å². The molecule has 1 aliphatic rings. The number of carbonyl (C=O) groups is 1. The van der Waals surface area contributed by atoms with Gasteiger partial charge >= 0.3 is 0 Å². The molecule has 0 unspecified atom stereocenters. The lowest BCUT2D eigenvalue weighted by atomic mass is 10.0. The Morgan fingerprint density at radius 1 is 0.955 bits per heavy atom. The fraction of sp³-hybridized carbons (Fsp3) is 0.316. The standard InChI is InChI=1S/C19H22N2O/c22-19(21-16-10-4-5-11-16)14-20-18-13-7-6-12-17(18)15-8-2-1-3-9-15/h1-3,6-9,12-13,16,20H,4-5,10-11,14H2,(H,21,22). The monoisotopic (exact) mass is 294 g/mol. The lowest BCUT2D eigenvalue weighted by molar-refractivity contribution is -0.120. The maximum absolute atomic E-state index is 12.0. The lowest BCUT2D eigenvalue weighted by Crippen LogP contribution is -2.36. The van der Waals surface area contributed by atoms with Crippen LogP contribution in [0.25, 0.3) is 11.1 Å². The van der Waals surface area contributed by atoms with Gasteiger partial charge in [0.25, 0.3) is 0 Å². The summed E-state index contributed by atoms with van der Waals surface area (Å²) in [5.41, 5.74) is 3.27. The Labute approximate surface area is 131 Å². The van der Waals surface area contributed by atoms with E-state index >= 15 is 0 Å². The summed E-state index contributed by atoms with van der Waals surface area (Å²) in [7, 11) is 0. The van der Waals surface area contributed by atoms with E-state index in [9.17, 15) is 4.79 Å². The molecule has 1 saturated carbocycles. The van der Waals surface area contributed by atoms with Crippen molar-refractivity contribution in [1.29, 1.82) is 0 Å². The van der Waals surface area contributed by atoms with Gasteiger partial charge in [0.1, 0.15) is 0 Å². The number of nitrogens with one attached hydrogen (secondary N) is 2. The molecule has 0 heterocycles. The average Bonchev–Trinajstić information content (AvgIpc) is 3.07. The summed E-state index contributed by atoms with van der Waals surface area (Å²) in [5, 5.41) is 6.38. The highest BCUT2D eigenvalue weighted by Crippen LogP contribution is 2.27. The number of para-hydroxylation sites is 1. The summed E-state index contributed by atoms with van der Waals surface area (Å²) in [6, 6.07) is 18.7. The van der Waals surface area contributed by atoms with Crippen molar-refractivity contribution in [3.8, 4) is 11.1 Å². The van der Waals surface area contributed by atoms with Gasteiger partial charge in [0.15, 0.2) is 0 Å². The predicted molar refractivity (Wildman–Crippen MR) is 90.8 cm³/mol. The zero-order valence-electron chi connectivity index (χ0n) is 12.7. The molecule has 1 fully saturated rings. The van der Waals surface area contributed by atoms with E-state index in [-0.39, 0.29) is 5.91 Å². The Kier molecular flexibility index (Phi) is 4.74. The molecule has 1 aliphatic carbocycles. The number of carbonyl (C=O) groups excluding carboxylic acids is 1. The topological polar surface area (TPSA) is 41.1 Å². The first-order chi connectivity index (χ1) is 10.8. The lowest BCUT2D eigenvalue weighted by Gasteiger charge is -2.15. The summed E-state index contributed by atoms with van der Waals surface area (Å²) in [6.45, 7) is 0.320. The van der Waals surface area contributed by atoms with E-state index in [0.29, 0.717) is 12.6 Å². The largest absolute Gasteiger partial charge is 0.376 e. The first-order valence-electron chi connectivity index (χ1n) is 8.00. The molecule has 0 saturated heterocycles. The molecular weight excluding hydrogens is 272 g/mol. The molecule has 114 valence electrons. The molecule has 3 nitrogen and oxygen atoms in total. The molecular formula is C19H22N2O. The molecule has 0 spiro atoms. The molecule has 0 bridgehead atoms. The van der Waals surface area contributed by atoms with Crippen LogP contribution in [-0.4, -0.2) is 18.5 Å². The van der Waals surface area contributed by atoms with Crippen LogP contribution in [0.15, 0.2) is 54.6 Å². The Balaban J connectivity index is 1.64.